The van der Waals surface area contributed by atoms with Gasteiger partial charge >= 0.3 is 12.0 Å². The van der Waals surface area contributed by atoms with E-state index in [0.29, 0.717) is 13.1 Å². The van der Waals surface area contributed by atoms with Crippen LogP contribution in [0.1, 0.15) is 39.0 Å². The lowest BCUT2D eigenvalue weighted by Crippen LogP contribution is -2.53. The molecule has 6 nitrogen and oxygen atoms in total. The first-order chi connectivity index (χ1) is 9.56. The second-order valence-electron chi connectivity index (χ2n) is 5.86. The zero-order valence-corrected chi connectivity index (χ0v) is 12.1. The van der Waals surface area contributed by atoms with Crippen molar-refractivity contribution < 1.29 is 19.4 Å². The lowest BCUT2D eigenvalue weighted by molar-refractivity contribution is -0.154. The number of hydrogen-bond donors (Lipinski definition) is 2. The summed E-state index contributed by atoms with van der Waals surface area (Å²) < 4.78 is 5.12. The Labute approximate surface area is 119 Å². The topological polar surface area (TPSA) is 78.9 Å². The second kappa shape index (κ2) is 6.43. The van der Waals surface area contributed by atoms with E-state index >= 15 is 0 Å². The van der Waals surface area contributed by atoms with Crippen LogP contribution in [0, 0.1) is 5.41 Å². The molecule has 0 spiro atoms. The molecule has 1 heterocycles. The van der Waals surface area contributed by atoms with Crippen LogP contribution in [0.25, 0.3) is 0 Å². The summed E-state index contributed by atoms with van der Waals surface area (Å²) in [6.07, 6.45) is 5.00. The zero-order valence-electron chi connectivity index (χ0n) is 12.1. The minimum atomic E-state index is -1.01. The predicted octanol–water partition coefficient (Wildman–Crippen LogP) is 1.45. The Balaban J connectivity index is 1.83. The van der Waals surface area contributed by atoms with Crippen molar-refractivity contribution in [2.75, 3.05) is 26.2 Å². The van der Waals surface area contributed by atoms with Crippen LogP contribution in [0.5, 0.6) is 0 Å². The third kappa shape index (κ3) is 3.42. The van der Waals surface area contributed by atoms with Gasteiger partial charge in [-0.3, -0.25) is 0 Å². The third-order valence-corrected chi connectivity index (χ3v) is 4.66. The van der Waals surface area contributed by atoms with E-state index in [1.165, 1.54) is 25.7 Å². The van der Waals surface area contributed by atoms with E-state index in [1.807, 2.05) is 0 Å². The fraction of sp³-hybridized carbons (Fsp3) is 0.857. The molecule has 114 valence electrons. The Morgan fingerprint density at radius 2 is 2.10 bits per heavy atom. The molecule has 1 unspecified atom stereocenters. The van der Waals surface area contributed by atoms with Gasteiger partial charge in [-0.15, -0.1) is 0 Å². The summed E-state index contributed by atoms with van der Waals surface area (Å²) in [4.78, 5) is 24.6. The number of ether oxygens (including phenoxy) is 1. The molecule has 0 aromatic heterocycles. The van der Waals surface area contributed by atoms with Crippen LogP contribution >= 0.6 is 0 Å². The minimum absolute atomic E-state index is 0.125. The fourth-order valence-electron chi connectivity index (χ4n) is 3.14. The SMILES string of the molecule is CCC1(CNC(=O)N2CCOC(C(=O)O)C2)CCCC1. The van der Waals surface area contributed by atoms with Crippen LogP contribution in [0.4, 0.5) is 4.79 Å². The van der Waals surface area contributed by atoms with Crippen molar-refractivity contribution in [2.24, 2.45) is 5.41 Å². The van der Waals surface area contributed by atoms with Crippen molar-refractivity contribution in [3.8, 4) is 0 Å². The number of amides is 2. The van der Waals surface area contributed by atoms with Gasteiger partial charge < -0.3 is 20.1 Å². The minimum Gasteiger partial charge on any atom is -0.479 e. The van der Waals surface area contributed by atoms with E-state index in [2.05, 4.69) is 12.2 Å². The van der Waals surface area contributed by atoms with Crippen molar-refractivity contribution in [3.05, 3.63) is 0 Å². The Bertz CT molecular complexity index is 366. The first-order valence-electron chi connectivity index (χ1n) is 7.43. The van der Waals surface area contributed by atoms with E-state index < -0.39 is 12.1 Å². The molecule has 0 bridgehead atoms. The molecule has 2 rings (SSSR count). The van der Waals surface area contributed by atoms with Gasteiger partial charge in [0.1, 0.15) is 0 Å². The maximum absolute atomic E-state index is 12.1. The summed E-state index contributed by atoms with van der Waals surface area (Å²) in [7, 11) is 0. The number of nitrogens with zero attached hydrogens (tertiary/aromatic N) is 1. The number of urea groups is 1. The van der Waals surface area contributed by atoms with Gasteiger partial charge in [0.15, 0.2) is 6.10 Å². The molecule has 6 heteroatoms. The van der Waals surface area contributed by atoms with Crippen LogP contribution < -0.4 is 5.32 Å². The number of nitrogens with one attached hydrogen (secondary N) is 1. The summed E-state index contributed by atoms with van der Waals surface area (Å²) >= 11 is 0. The molecule has 2 amide bonds. The van der Waals surface area contributed by atoms with E-state index in [0.717, 1.165) is 6.42 Å². The number of carbonyl (C=O) groups is 2. The number of carboxylic acids is 1. The molecule has 0 radical (unpaired) electrons. The number of aliphatic carboxylic acids is 1. The average molecular weight is 284 g/mol. The molecule has 1 saturated carbocycles. The molecule has 1 aliphatic carbocycles. The van der Waals surface area contributed by atoms with Gasteiger partial charge in [-0.1, -0.05) is 19.8 Å². The summed E-state index contributed by atoms with van der Waals surface area (Å²) in [5.41, 5.74) is 0.244. The molecular formula is C14H24N2O4. The lowest BCUT2D eigenvalue weighted by Gasteiger charge is -2.33. The summed E-state index contributed by atoms with van der Waals surface area (Å²) in [6, 6.07) is -0.167. The number of morpholine rings is 1. The normalized spacial score (nSPS) is 25.4. The van der Waals surface area contributed by atoms with Crippen LogP contribution in [0.15, 0.2) is 0 Å². The first-order valence-corrected chi connectivity index (χ1v) is 7.43. The van der Waals surface area contributed by atoms with E-state index in [9.17, 15) is 9.59 Å². The summed E-state index contributed by atoms with van der Waals surface area (Å²) in [6.45, 7) is 3.72. The molecule has 0 aromatic carbocycles. The van der Waals surface area contributed by atoms with Crippen LogP contribution in [-0.4, -0.2) is 54.4 Å². The van der Waals surface area contributed by atoms with Gasteiger partial charge in [0, 0.05) is 13.1 Å². The number of hydrogen-bond acceptors (Lipinski definition) is 3. The number of carbonyl (C=O) groups excluding carboxylic acids is 1. The highest BCUT2D eigenvalue weighted by atomic mass is 16.5. The molecule has 1 saturated heterocycles. The Morgan fingerprint density at radius 1 is 1.40 bits per heavy atom. The average Bonchev–Trinajstić information content (AvgIpc) is 2.94. The highest BCUT2D eigenvalue weighted by Crippen LogP contribution is 2.40. The van der Waals surface area contributed by atoms with Gasteiger partial charge in [-0.25, -0.2) is 9.59 Å². The summed E-state index contributed by atoms with van der Waals surface area (Å²) in [5.74, 6) is -1.01. The Kier molecular flexibility index (Phi) is 4.86. The molecule has 2 aliphatic rings. The van der Waals surface area contributed by atoms with Gasteiger partial charge in [-0.2, -0.15) is 0 Å². The molecule has 0 aromatic rings. The van der Waals surface area contributed by atoms with Crippen molar-refractivity contribution in [1.82, 2.24) is 10.2 Å². The van der Waals surface area contributed by atoms with Crippen molar-refractivity contribution in [3.63, 3.8) is 0 Å². The van der Waals surface area contributed by atoms with Crippen LogP contribution in [-0.2, 0) is 9.53 Å². The van der Waals surface area contributed by atoms with Crippen molar-refractivity contribution >= 4 is 12.0 Å². The van der Waals surface area contributed by atoms with E-state index in [4.69, 9.17) is 9.84 Å². The van der Waals surface area contributed by atoms with Crippen LogP contribution in [0.3, 0.4) is 0 Å². The first kappa shape index (κ1) is 15.1. The Morgan fingerprint density at radius 3 is 2.70 bits per heavy atom. The smallest absolute Gasteiger partial charge is 0.334 e. The molecular weight excluding hydrogens is 260 g/mol. The Hall–Kier alpha value is -1.30. The maximum Gasteiger partial charge on any atom is 0.334 e. The molecule has 1 aliphatic heterocycles. The highest BCUT2D eigenvalue weighted by molar-refractivity contribution is 5.77. The third-order valence-electron chi connectivity index (χ3n) is 4.66. The van der Waals surface area contributed by atoms with Crippen molar-refractivity contribution in [2.45, 2.75) is 45.1 Å². The van der Waals surface area contributed by atoms with Crippen LogP contribution in [0.2, 0.25) is 0 Å². The largest absolute Gasteiger partial charge is 0.479 e. The van der Waals surface area contributed by atoms with Crippen molar-refractivity contribution in [1.29, 1.82) is 0 Å². The van der Waals surface area contributed by atoms with E-state index in [-0.39, 0.29) is 24.6 Å². The quantitative estimate of drug-likeness (QED) is 0.819. The maximum atomic E-state index is 12.1. The van der Waals surface area contributed by atoms with Gasteiger partial charge in [0.05, 0.1) is 13.2 Å². The van der Waals surface area contributed by atoms with E-state index in [1.54, 1.807) is 4.90 Å². The van der Waals surface area contributed by atoms with Gasteiger partial charge in [0.25, 0.3) is 0 Å². The van der Waals surface area contributed by atoms with Gasteiger partial charge in [0.2, 0.25) is 0 Å². The second-order valence-corrected chi connectivity index (χ2v) is 5.86. The molecule has 20 heavy (non-hydrogen) atoms. The van der Waals surface area contributed by atoms with Gasteiger partial charge in [-0.05, 0) is 24.7 Å². The number of rotatable bonds is 4. The zero-order chi connectivity index (χ0) is 14.6. The fourth-order valence-corrected chi connectivity index (χ4v) is 3.14. The summed E-state index contributed by atoms with van der Waals surface area (Å²) in [5, 5.41) is 11.9. The highest BCUT2D eigenvalue weighted by Gasteiger charge is 2.34. The standard InChI is InChI=1S/C14H24N2O4/c1-2-14(5-3-4-6-14)10-15-13(19)16-7-8-20-11(9-16)12(17)18/h11H,2-10H2,1H3,(H,15,19)(H,17,18). The predicted molar refractivity (Wildman–Crippen MR) is 73.5 cm³/mol. The monoisotopic (exact) mass is 284 g/mol. The molecule has 2 fully saturated rings. The molecule has 2 N–H and O–H groups in total. The lowest BCUT2D eigenvalue weighted by atomic mass is 9.83. The molecule has 1 atom stereocenters. The number of carboxylic acid groups (broad SMARTS) is 1.